The second-order valence-electron chi connectivity index (χ2n) is 6.34. The van der Waals surface area contributed by atoms with E-state index in [9.17, 15) is 0 Å². The Morgan fingerprint density at radius 3 is 2.74 bits per heavy atom. The minimum absolute atomic E-state index is 0.242. The van der Waals surface area contributed by atoms with Crippen LogP contribution in [0, 0.1) is 0 Å². The molecular weight excluding hydrogens is 234 g/mol. The lowest BCUT2D eigenvalue weighted by Crippen LogP contribution is -2.41. The van der Waals surface area contributed by atoms with Crippen LogP contribution in [0.4, 0.5) is 0 Å². The van der Waals surface area contributed by atoms with Gasteiger partial charge in [-0.25, -0.2) is 4.98 Å². The summed E-state index contributed by atoms with van der Waals surface area (Å²) in [5.74, 6) is 1.97. The van der Waals surface area contributed by atoms with Gasteiger partial charge in [-0.2, -0.15) is 0 Å². The van der Waals surface area contributed by atoms with Crippen molar-refractivity contribution in [3.63, 3.8) is 0 Å². The Bertz CT molecular complexity index is 627. The van der Waals surface area contributed by atoms with Crippen molar-refractivity contribution in [2.75, 3.05) is 6.54 Å². The van der Waals surface area contributed by atoms with Crippen LogP contribution in [0.1, 0.15) is 49.4 Å². The Morgan fingerprint density at radius 2 is 2.16 bits per heavy atom. The molecule has 0 amide bonds. The maximum absolute atomic E-state index is 6.01. The molecular formula is C16H21N3. The molecule has 2 aliphatic carbocycles. The van der Waals surface area contributed by atoms with E-state index in [1.807, 2.05) is 0 Å². The molecule has 2 fully saturated rings. The van der Waals surface area contributed by atoms with Crippen molar-refractivity contribution < 1.29 is 0 Å². The van der Waals surface area contributed by atoms with E-state index in [2.05, 4.69) is 29.8 Å². The number of nitrogens with two attached hydrogens (primary N) is 1. The van der Waals surface area contributed by atoms with E-state index in [1.165, 1.54) is 49.0 Å². The number of hydrogen-bond acceptors (Lipinski definition) is 2. The highest BCUT2D eigenvalue weighted by molar-refractivity contribution is 5.77. The van der Waals surface area contributed by atoms with E-state index in [4.69, 9.17) is 10.7 Å². The summed E-state index contributed by atoms with van der Waals surface area (Å²) in [6.07, 6.45) is 6.38. The maximum Gasteiger partial charge on any atom is 0.112 e. The Balaban J connectivity index is 1.83. The fourth-order valence-electron chi connectivity index (χ4n) is 3.47. The van der Waals surface area contributed by atoms with E-state index in [0.717, 1.165) is 12.1 Å². The molecule has 1 aromatic carbocycles. The summed E-state index contributed by atoms with van der Waals surface area (Å²) in [5.41, 5.74) is 10.1. The van der Waals surface area contributed by atoms with Gasteiger partial charge in [0.05, 0.1) is 11.0 Å². The van der Waals surface area contributed by atoms with E-state index in [-0.39, 0.29) is 5.41 Å². The summed E-state index contributed by atoms with van der Waals surface area (Å²) in [7, 11) is 2.14. The van der Waals surface area contributed by atoms with Crippen molar-refractivity contribution in [2.24, 2.45) is 12.8 Å². The third kappa shape index (κ3) is 1.57. The smallest absolute Gasteiger partial charge is 0.112 e. The predicted molar refractivity (Wildman–Crippen MR) is 77.3 cm³/mol. The molecule has 0 saturated heterocycles. The summed E-state index contributed by atoms with van der Waals surface area (Å²) in [6.45, 7) is 0.765. The molecule has 100 valence electrons. The predicted octanol–water partition coefficient (Wildman–Crippen LogP) is 2.83. The minimum atomic E-state index is 0.242. The number of benzene rings is 1. The molecule has 0 spiro atoms. The second-order valence-corrected chi connectivity index (χ2v) is 6.34. The SMILES string of the molecule is Cn1c(C2CC2)nc2cc(C3(CN)CCC3)ccc21. The molecule has 0 radical (unpaired) electrons. The Labute approximate surface area is 113 Å². The van der Waals surface area contributed by atoms with Crippen molar-refractivity contribution in [3.8, 4) is 0 Å². The fraction of sp³-hybridized carbons (Fsp3) is 0.562. The molecule has 19 heavy (non-hydrogen) atoms. The third-order valence-electron chi connectivity index (χ3n) is 5.17. The highest BCUT2D eigenvalue weighted by Gasteiger charge is 2.37. The normalized spacial score (nSPS) is 21.6. The monoisotopic (exact) mass is 255 g/mol. The average molecular weight is 255 g/mol. The summed E-state index contributed by atoms with van der Waals surface area (Å²) in [6, 6.07) is 6.79. The van der Waals surface area contributed by atoms with Gasteiger partial charge in [-0.3, -0.25) is 0 Å². The van der Waals surface area contributed by atoms with Crippen LogP contribution in [0.3, 0.4) is 0 Å². The van der Waals surface area contributed by atoms with Crippen molar-refractivity contribution in [3.05, 3.63) is 29.6 Å². The largest absolute Gasteiger partial charge is 0.331 e. The number of fused-ring (bicyclic) bond motifs is 1. The summed E-state index contributed by atoms with van der Waals surface area (Å²) in [4.78, 5) is 4.86. The van der Waals surface area contributed by atoms with Crippen LogP contribution >= 0.6 is 0 Å². The van der Waals surface area contributed by atoms with E-state index in [0.29, 0.717) is 5.92 Å². The number of nitrogens with zero attached hydrogens (tertiary/aromatic N) is 2. The van der Waals surface area contributed by atoms with Crippen molar-refractivity contribution in [1.82, 2.24) is 9.55 Å². The molecule has 0 atom stereocenters. The zero-order valence-electron chi connectivity index (χ0n) is 11.5. The van der Waals surface area contributed by atoms with Gasteiger partial charge in [-0.1, -0.05) is 12.5 Å². The minimum Gasteiger partial charge on any atom is -0.331 e. The van der Waals surface area contributed by atoms with Gasteiger partial charge in [-0.15, -0.1) is 0 Å². The number of aryl methyl sites for hydroxylation is 1. The molecule has 2 saturated carbocycles. The zero-order valence-corrected chi connectivity index (χ0v) is 11.5. The first-order valence-corrected chi connectivity index (χ1v) is 7.40. The first kappa shape index (κ1) is 11.5. The van der Waals surface area contributed by atoms with Crippen LogP contribution < -0.4 is 5.73 Å². The van der Waals surface area contributed by atoms with Crippen LogP contribution in [-0.2, 0) is 12.5 Å². The van der Waals surface area contributed by atoms with Crippen LogP contribution in [-0.4, -0.2) is 16.1 Å². The molecule has 1 heterocycles. The van der Waals surface area contributed by atoms with Crippen LogP contribution in [0.25, 0.3) is 11.0 Å². The van der Waals surface area contributed by atoms with E-state index >= 15 is 0 Å². The second kappa shape index (κ2) is 3.83. The molecule has 2 aliphatic rings. The maximum atomic E-state index is 6.01. The summed E-state index contributed by atoms with van der Waals surface area (Å²) >= 11 is 0. The lowest BCUT2D eigenvalue weighted by atomic mass is 9.64. The van der Waals surface area contributed by atoms with E-state index in [1.54, 1.807) is 0 Å². The molecule has 0 aliphatic heterocycles. The Kier molecular flexibility index (Phi) is 2.31. The molecule has 2 aromatic rings. The van der Waals surface area contributed by atoms with Gasteiger partial charge in [0, 0.05) is 24.9 Å². The van der Waals surface area contributed by atoms with Crippen LogP contribution in [0.5, 0.6) is 0 Å². The van der Waals surface area contributed by atoms with E-state index < -0.39 is 0 Å². The molecule has 3 nitrogen and oxygen atoms in total. The quantitative estimate of drug-likeness (QED) is 0.916. The molecule has 3 heteroatoms. The van der Waals surface area contributed by atoms with Crippen molar-refractivity contribution in [1.29, 1.82) is 0 Å². The average Bonchev–Trinajstić information content (AvgIpc) is 3.15. The highest BCUT2D eigenvalue weighted by atomic mass is 15.1. The molecule has 2 N–H and O–H groups in total. The van der Waals surface area contributed by atoms with Gasteiger partial charge >= 0.3 is 0 Å². The molecule has 1 aromatic heterocycles. The van der Waals surface area contributed by atoms with Gasteiger partial charge in [0.1, 0.15) is 5.82 Å². The Morgan fingerprint density at radius 1 is 1.37 bits per heavy atom. The molecule has 4 rings (SSSR count). The third-order valence-corrected chi connectivity index (χ3v) is 5.17. The zero-order chi connectivity index (χ0) is 13.0. The lowest BCUT2D eigenvalue weighted by molar-refractivity contribution is 0.253. The Hall–Kier alpha value is -1.35. The summed E-state index contributed by atoms with van der Waals surface area (Å²) < 4.78 is 2.27. The topological polar surface area (TPSA) is 43.8 Å². The van der Waals surface area contributed by atoms with Crippen molar-refractivity contribution in [2.45, 2.75) is 43.4 Å². The lowest BCUT2D eigenvalue weighted by Gasteiger charge is -2.41. The standard InChI is InChI=1S/C16H21N3/c1-19-14-6-5-12(16(10-17)7-2-8-16)9-13(14)18-15(19)11-3-4-11/h5-6,9,11H,2-4,7-8,10,17H2,1H3. The highest BCUT2D eigenvalue weighted by Crippen LogP contribution is 2.44. The number of rotatable bonds is 3. The number of aromatic nitrogens is 2. The van der Waals surface area contributed by atoms with Crippen molar-refractivity contribution >= 4 is 11.0 Å². The molecule has 0 unspecified atom stereocenters. The fourth-order valence-corrected chi connectivity index (χ4v) is 3.47. The van der Waals surface area contributed by atoms with Gasteiger partial charge < -0.3 is 10.3 Å². The first-order chi connectivity index (χ1) is 9.23. The number of hydrogen-bond donors (Lipinski definition) is 1. The van der Waals surface area contributed by atoms with Gasteiger partial charge in [0.2, 0.25) is 0 Å². The number of imidazole rings is 1. The first-order valence-electron chi connectivity index (χ1n) is 7.40. The van der Waals surface area contributed by atoms with Gasteiger partial charge in [-0.05, 0) is 43.4 Å². The van der Waals surface area contributed by atoms with Crippen LogP contribution in [0.15, 0.2) is 18.2 Å². The van der Waals surface area contributed by atoms with Gasteiger partial charge in [0.15, 0.2) is 0 Å². The van der Waals surface area contributed by atoms with Crippen LogP contribution in [0.2, 0.25) is 0 Å². The summed E-state index contributed by atoms with van der Waals surface area (Å²) in [5, 5.41) is 0. The van der Waals surface area contributed by atoms with Gasteiger partial charge in [0.25, 0.3) is 0 Å². The molecule has 0 bridgehead atoms.